The zero-order chi connectivity index (χ0) is 20.8. The van der Waals surface area contributed by atoms with Crippen molar-refractivity contribution in [3.8, 4) is 0 Å². The number of carbonyl (C=O) groups excluding carboxylic acids is 1. The Bertz CT molecular complexity index is 859. The van der Waals surface area contributed by atoms with Crippen molar-refractivity contribution >= 4 is 24.1 Å². The van der Waals surface area contributed by atoms with Crippen molar-refractivity contribution in [3.63, 3.8) is 0 Å². The lowest BCUT2D eigenvalue weighted by Gasteiger charge is -2.24. The molecule has 0 saturated carbocycles. The molecule has 0 fully saturated rings. The van der Waals surface area contributed by atoms with Gasteiger partial charge in [0, 0.05) is 20.0 Å². The summed E-state index contributed by atoms with van der Waals surface area (Å²) in [5, 5.41) is 9.68. The molecule has 0 unspecified atom stereocenters. The van der Waals surface area contributed by atoms with Crippen LogP contribution in [0.25, 0.3) is 0 Å². The summed E-state index contributed by atoms with van der Waals surface area (Å²) < 4.78 is 5.22. The van der Waals surface area contributed by atoms with Gasteiger partial charge < -0.3 is 14.7 Å². The fourth-order valence-corrected chi connectivity index (χ4v) is 3.51. The molecule has 0 saturated heterocycles. The molecular formula is C23H30N2O3. The summed E-state index contributed by atoms with van der Waals surface area (Å²) in [5.41, 5.74) is 6.64. The molecule has 0 bridgehead atoms. The predicted octanol–water partition coefficient (Wildman–Crippen LogP) is 4.28. The lowest BCUT2D eigenvalue weighted by Crippen LogP contribution is -2.14. The van der Waals surface area contributed by atoms with Crippen LogP contribution in [0.1, 0.15) is 47.1 Å². The molecule has 2 aromatic carbocycles. The second-order valence-corrected chi connectivity index (χ2v) is 7.11. The Morgan fingerprint density at radius 1 is 1.25 bits per heavy atom. The van der Waals surface area contributed by atoms with Gasteiger partial charge in [-0.05, 0) is 61.4 Å². The van der Waals surface area contributed by atoms with Crippen molar-refractivity contribution in [3.05, 3.63) is 58.1 Å². The van der Waals surface area contributed by atoms with Crippen LogP contribution >= 0.6 is 0 Å². The molecule has 0 amide bonds. The fourth-order valence-electron chi connectivity index (χ4n) is 3.51. The number of hydrogen-bond donors (Lipinski definition) is 1. The summed E-state index contributed by atoms with van der Waals surface area (Å²) in [5.74, 6) is -0.440. The number of hydrogen-bond acceptors (Lipinski definition) is 5. The van der Waals surface area contributed by atoms with Crippen molar-refractivity contribution in [1.29, 1.82) is 0 Å². The topological polar surface area (TPSA) is 62.1 Å². The molecule has 28 heavy (non-hydrogen) atoms. The summed E-state index contributed by atoms with van der Waals surface area (Å²) in [6.07, 6.45) is 0.223. The first-order valence-corrected chi connectivity index (χ1v) is 9.47. The van der Waals surface area contributed by atoms with Gasteiger partial charge in [-0.25, -0.2) is 0 Å². The van der Waals surface area contributed by atoms with E-state index in [1.165, 1.54) is 0 Å². The van der Waals surface area contributed by atoms with E-state index in [-0.39, 0.29) is 24.9 Å². The number of esters is 1. The number of carbonyl (C=O) groups is 1. The van der Waals surface area contributed by atoms with E-state index in [0.29, 0.717) is 6.61 Å². The molecule has 0 aromatic heterocycles. The Morgan fingerprint density at radius 2 is 1.96 bits per heavy atom. The first-order chi connectivity index (χ1) is 13.3. The maximum absolute atomic E-state index is 12.3. The molecule has 5 nitrogen and oxygen atoms in total. The van der Waals surface area contributed by atoms with Gasteiger partial charge in [0.1, 0.15) is 0 Å². The molecule has 0 aliphatic heterocycles. The number of rotatable bonds is 8. The van der Waals surface area contributed by atoms with E-state index in [1.807, 2.05) is 63.2 Å². The quantitative estimate of drug-likeness (QED) is 0.547. The highest BCUT2D eigenvalue weighted by Gasteiger charge is 2.23. The van der Waals surface area contributed by atoms with E-state index in [2.05, 4.69) is 11.7 Å². The third-order valence-electron chi connectivity index (χ3n) is 5.09. The number of anilines is 1. The number of aliphatic hydroxyl groups is 1. The highest BCUT2D eigenvalue weighted by Crippen LogP contribution is 2.39. The van der Waals surface area contributed by atoms with Gasteiger partial charge in [0.25, 0.3) is 0 Å². The third kappa shape index (κ3) is 4.60. The number of aryl methyl sites for hydroxylation is 1. The normalized spacial score (nSPS) is 11.8. The van der Waals surface area contributed by atoms with Crippen molar-refractivity contribution in [2.45, 2.75) is 39.7 Å². The summed E-state index contributed by atoms with van der Waals surface area (Å²) in [7, 11) is 3.93. The van der Waals surface area contributed by atoms with Gasteiger partial charge in [-0.3, -0.25) is 9.79 Å². The number of benzene rings is 2. The van der Waals surface area contributed by atoms with Gasteiger partial charge in [-0.15, -0.1) is 0 Å². The molecule has 1 atom stereocenters. The molecule has 5 heteroatoms. The summed E-state index contributed by atoms with van der Waals surface area (Å²) in [6.45, 7) is 9.82. The maximum Gasteiger partial charge on any atom is 0.306 e. The van der Waals surface area contributed by atoms with E-state index < -0.39 is 0 Å². The van der Waals surface area contributed by atoms with Crippen molar-refractivity contribution < 1.29 is 14.6 Å². The molecule has 0 aliphatic rings. The first-order valence-electron chi connectivity index (χ1n) is 9.47. The van der Waals surface area contributed by atoms with Crippen LogP contribution in [0, 0.1) is 13.8 Å². The van der Waals surface area contributed by atoms with Crippen molar-refractivity contribution in [1.82, 2.24) is 0 Å². The van der Waals surface area contributed by atoms with E-state index in [4.69, 9.17) is 4.74 Å². The Labute approximate surface area is 167 Å². The number of ether oxygens (including phenoxy) is 1. The molecular weight excluding hydrogens is 352 g/mol. The van der Waals surface area contributed by atoms with E-state index >= 15 is 0 Å². The third-order valence-corrected chi connectivity index (χ3v) is 5.09. The van der Waals surface area contributed by atoms with Crippen LogP contribution in [-0.2, 0) is 16.1 Å². The molecule has 0 aliphatic carbocycles. The van der Waals surface area contributed by atoms with Gasteiger partial charge in [0.15, 0.2) is 0 Å². The van der Waals surface area contributed by atoms with Crippen LogP contribution in [0.2, 0.25) is 0 Å². The SMILES string of the molecule is C=Nc1c(N(C)C)ccc([C@@H](CC(=O)OCC)c2ccc(C)c(CO)c2)c1C. The minimum absolute atomic E-state index is 0.0379. The zero-order valence-electron chi connectivity index (χ0n) is 17.5. The molecule has 2 rings (SSSR count). The van der Waals surface area contributed by atoms with Gasteiger partial charge in [0.05, 0.1) is 31.0 Å². The summed E-state index contributed by atoms with van der Waals surface area (Å²) >= 11 is 0. The number of nitrogens with zero attached hydrogens (tertiary/aromatic N) is 2. The predicted molar refractivity (Wildman–Crippen MR) is 115 cm³/mol. The lowest BCUT2D eigenvalue weighted by atomic mass is 9.84. The Kier molecular flexibility index (Phi) is 7.35. The van der Waals surface area contributed by atoms with Crippen LogP contribution in [0.3, 0.4) is 0 Å². The van der Waals surface area contributed by atoms with Crippen molar-refractivity contribution in [2.24, 2.45) is 4.99 Å². The molecule has 150 valence electrons. The highest BCUT2D eigenvalue weighted by atomic mass is 16.5. The van der Waals surface area contributed by atoms with Gasteiger partial charge in [-0.2, -0.15) is 0 Å². The molecule has 0 heterocycles. The van der Waals surface area contributed by atoms with E-state index in [1.54, 1.807) is 6.92 Å². The largest absolute Gasteiger partial charge is 0.466 e. The summed E-state index contributed by atoms with van der Waals surface area (Å²) in [4.78, 5) is 18.6. The molecule has 0 spiro atoms. The van der Waals surface area contributed by atoms with E-state index in [9.17, 15) is 9.90 Å². The van der Waals surface area contributed by atoms with Gasteiger partial charge >= 0.3 is 5.97 Å². The molecule has 1 N–H and O–H groups in total. The Balaban J connectivity index is 2.62. The standard InChI is InChI=1S/C23H30N2O3/c1-7-28-22(27)13-20(17-9-8-15(2)18(12-17)14-26)19-10-11-21(25(5)6)23(24-4)16(19)3/h8-12,20,26H,4,7,13-14H2,1-3,5-6H3/t20-/m0/s1. The smallest absolute Gasteiger partial charge is 0.306 e. The molecule has 2 aromatic rings. The average Bonchev–Trinajstić information content (AvgIpc) is 2.66. The van der Waals surface area contributed by atoms with Crippen LogP contribution in [0.15, 0.2) is 35.3 Å². The van der Waals surface area contributed by atoms with Crippen LogP contribution in [0.4, 0.5) is 11.4 Å². The molecule has 0 radical (unpaired) electrons. The van der Waals surface area contributed by atoms with Crippen LogP contribution in [0.5, 0.6) is 0 Å². The number of aliphatic hydroxyl groups excluding tert-OH is 1. The Morgan fingerprint density at radius 3 is 2.54 bits per heavy atom. The van der Waals surface area contributed by atoms with Crippen LogP contribution < -0.4 is 4.90 Å². The lowest BCUT2D eigenvalue weighted by molar-refractivity contribution is -0.143. The van der Waals surface area contributed by atoms with Gasteiger partial charge in [0.2, 0.25) is 0 Å². The maximum atomic E-state index is 12.3. The van der Waals surface area contributed by atoms with Gasteiger partial charge in [-0.1, -0.05) is 24.3 Å². The monoisotopic (exact) mass is 382 g/mol. The second kappa shape index (κ2) is 9.51. The zero-order valence-corrected chi connectivity index (χ0v) is 17.5. The average molecular weight is 383 g/mol. The number of aliphatic imine (C=N–C) groups is 1. The Hall–Kier alpha value is -2.66. The summed E-state index contributed by atoms with van der Waals surface area (Å²) in [6, 6.07) is 10.0. The second-order valence-electron chi connectivity index (χ2n) is 7.11. The fraction of sp³-hybridized carbons (Fsp3) is 0.391. The van der Waals surface area contributed by atoms with E-state index in [0.717, 1.165) is 39.2 Å². The van der Waals surface area contributed by atoms with Crippen LogP contribution in [-0.4, -0.2) is 38.5 Å². The highest BCUT2D eigenvalue weighted by molar-refractivity contribution is 5.76. The van der Waals surface area contributed by atoms with Crippen molar-refractivity contribution in [2.75, 3.05) is 25.6 Å². The minimum Gasteiger partial charge on any atom is -0.466 e. The first kappa shape index (κ1) is 21.6. The minimum atomic E-state index is -0.247.